The number of carbonyl (C=O) groups excluding carboxylic acids is 5. The summed E-state index contributed by atoms with van der Waals surface area (Å²) >= 11 is 1.17. The summed E-state index contributed by atoms with van der Waals surface area (Å²) in [7, 11) is 4.28. The van der Waals surface area contributed by atoms with Crippen LogP contribution in [0.5, 0.6) is 17.2 Å². The van der Waals surface area contributed by atoms with E-state index in [2.05, 4.69) is 104 Å². The summed E-state index contributed by atoms with van der Waals surface area (Å²) in [5.41, 5.74) is 7.34. The first kappa shape index (κ1) is 87.4. The van der Waals surface area contributed by atoms with Crippen LogP contribution in [0.2, 0.25) is 0 Å². The van der Waals surface area contributed by atoms with E-state index in [9.17, 15) is 34.1 Å². The number of amides is 2. The number of Topliss-reactive ketones (excluding diaryl/α,β-unsaturated/α-hetero) is 1. The summed E-state index contributed by atoms with van der Waals surface area (Å²) in [6.45, 7) is 17.6. The van der Waals surface area contributed by atoms with Gasteiger partial charge in [0.15, 0.2) is 0 Å². The largest absolute Gasteiger partial charge is 0.494 e. The summed E-state index contributed by atoms with van der Waals surface area (Å²) < 4.78 is 60.6. The van der Waals surface area contributed by atoms with Crippen molar-refractivity contribution in [2.24, 2.45) is 40.9 Å². The molecule has 33 heteroatoms. The number of anilines is 2. The molecule has 2 aromatic heterocycles. The van der Waals surface area contributed by atoms with Gasteiger partial charge in [0.05, 0.1) is 94.5 Å². The quantitative estimate of drug-likeness (QED) is 0.00687. The second-order valence-electron chi connectivity index (χ2n) is 23.2. The van der Waals surface area contributed by atoms with Crippen molar-refractivity contribution in [2.75, 3.05) is 104 Å². The molecule has 2 amide bonds. The van der Waals surface area contributed by atoms with Crippen LogP contribution >= 0.6 is 11.3 Å². The van der Waals surface area contributed by atoms with Crippen molar-refractivity contribution in [3.05, 3.63) is 158 Å². The maximum Gasteiger partial charge on any atom is 0.306 e. The van der Waals surface area contributed by atoms with Gasteiger partial charge in [0.1, 0.15) is 52.8 Å². The zero-order valence-electron chi connectivity index (χ0n) is 66.4. The third-order valence-electron chi connectivity index (χ3n) is 15.4. The Morgan fingerprint density at radius 1 is 0.661 bits per heavy atom. The predicted octanol–water partition coefficient (Wildman–Crippen LogP) is 16.4. The molecule has 2 unspecified atom stereocenters. The van der Waals surface area contributed by atoms with Crippen molar-refractivity contribution in [1.29, 1.82) is 1.43 Å². The van der Waals surface area contributed by atoms with E-state index in [1.807, 2.05) is 41.3 Å². The van der Waals surface area contributed by atoms with Crippen LogP contribution in [0.25, 0.3) is 10.2 Å². The standard InChI is InChI=1S/C41H56N9O6.C34H38N7O7S.CH4O.2Y/c1-6-23-44-40(52)18-19-41(53)56-36(30-54-4)29-45-39(51)11-9-8-10-24-43-31(3)22-27-50(7-2)35-15-12-32(13-16-35)46-48-34-14-17-37(38(28-34)55-5)49-47-33-20-25-42-26-21-33;1-5-7-8-26(42)14-16-33(43)48-19-18-40(17-6-2)24-11-9-23(10-12-24)36-37-28-21-31(47-4)29(22-30(28)46-3)38-39-34-35-27-15-13-25(41(44)45)20-32(27)49-34;1-2;;/h12-17,20-21,25-26,28,36,43H,1,3,6-11,18-19,22-24,27,29-30H2,2,4-5H3,(H,44,52)(H,45,51);9-13,15,20-22H,1,5-8,14,16-19H2,2-4H3;2H,1H3;;/q2*-1;;;/i4TD;2D;2T;;. The normalized spacial score (nSPS) is 11.9. The second kappa shape index (κ2) is 54.7. The minimum Gasteiger partial charge on any atom is -0.494 e. The van der Waals surface area contributed by atoms with Crippen LogP contribution in [-0.4, -0.2) is 152 Å². The van der Waals surface area contributed by atoms with E-state index in [0.29, 0.717) is 131 Å². The molecule has 0 aliphatic carbocycles. The number of fused-ring (bicyclic) bond motifs is 1. The van der Waals surface area contributed by atoms with Crippen LogP contribution in [0, 0.1) is 24.0 Å². The Morgan fingerprint density at radius 3 is 1.90 bits per heavy atom. The first-order valence-corrected chi connectivity index (χ1v) is 35.5. The molecule has 2 radical (unpaired) electrons. The molecule has 109 heavy (non-hydrogen) atoms. The van der Waals surface area contributed by atoms with Gasteiger partial charge in [-0.3, -0.25) is 39.1 Å². The number of aliphatic hydroxyl groups excluding tert-OH is 1. The van der Waals surface area contributed by atoms with Crippen molar-refractivity contribution in [1.82, 2.24) is 25.9 Å². The van der Waals surface area contributed by atoms with Crippen molar-refractivity contribution in [3.63, 3.8) is 0 Å². The first-order chi connectivity index (χ1) is 53.7. The SMILES string of the molecule is [2H]C([3H])OCC(CNC(=O)CCCCCNC(=C)CCN(CC)c1ccc(N=Nc2ccc(N=Nc3ccncc3)c(OC)c2)cc1)OC(=O)CCC(=O)NCC[CH2-].[2H]CCCN(CCOC(=O)CCC(=O)CCC[CH2-])c1ccc(N=Nc2cc(OC)c(N=Nc3nc4ccc([N+](=O)[O-])cc4s3)cc2OC)cc1.[3H]OC.[Y].[Y]. The van der Waals surface area contributed by atoms with Gasteiger partial charge >= 0.3 is 11.9 Å². The number of thiazole rings is 1. The first-order valence-electron chi connectivity index (χ1n) is 36.9. The molecule has 5 aromatic carbocycles. The smallest absolute Gasteiger partial charge is 0.306 e. The fourth-order valence-electron chi connectivity index (χ4n) is 9.80. The van der Waals surface area contributed by atoms with E-state index in [-0.39, 0.29) is 141 Å². The Kier molecular flexibility index (Phi) is 43.9. The maximum atomic E-state index is 12.4. The molecule has 0 saturated carbocycles. The number of carbonyl (C=O) groups is 5. The van der Waals surface area contributed by atoms with Gasteiger partial charge in [0, 0.05) is 199 Å². The number of azo groups is 4. The minimum atomic E-state index is -1.56. The molecule has 30 nitrogen and oxygen atoms in total. The number of non-ortho nitro benzene ring substituents is 1. The number of ether oxygens (including phenoxy) is 6. The Balaban J connectivity index is 0.000000561. The number of nitrogens with zero attached hydrogens (tertiary/aromatic N) is 13. The number of unbranched alkanes of at least 4 members (excludes halogenated alkanes) is 3. The second-order valence-corrected chi connectivity index (χ2v) is 24.2. The van der Waals surface area contributed by atoms with Crippen molar-refractivity contribution >= 4 is 113 Å². The molecule has 0 bridgehead atoms. The Bertz CT molecular complexity index is 4160. The van der Waals surface area contributed by atoms with Crippen LogP contribution in [-0.2, 0) is 104 Å². The molecule has 7 rings (SSSR count). The fourth-order valence-corrected chi connectivity index (χ4v) is 10.6. The molecule has 0 fully saturated rings. The van der Waals surface area contributed by atoms with Gasteiger partial charge in [-0.15, -0.1) is 20.5 Å². The van der Waals surface area contributed by atoms with E-state index >= 15 is 0 Å². The van der Waals surface area contributed by atoms with Crippen LogP contribution in [0.1, 0.15) is 108 Å². The monoisotopic (exact) mass is 1670 g/mol. The maximum absolute atomic E-state index is 12.4. The molecule has 7 aromatic rings. The number of esters is 2. The summed E-state index contributed by atoms with van der Waals surface area (Å²) in [5.74, 6) is -0.223. The molecule has 0 saturated heterocycles. The topological polar surface area (TPSA) is 371 Å². The predicted molar refractivity (Wildman–Crippen MR) is 413 cm³/mol. The molecule has 580 valence electrons. The number of pyridine rings is 1. The number of ketones is 1. The van der Waals surface area contributed by atoms with Crippen molar-refractivity contribution in [3.8, 4) is 17.2 Å². The summed E-state index contributed by atoms with van der Waals surface area (Å²) in [4.78, 5) is 83.6. The Morgan fingerprint density at radius 2 is 1.27 bits per heavy atom. The number of aromatic nitrogens is 2. The number of nitro groups is 1. The van der Waals surface area contributed by atoms with Gasteiger partial charge in [-0.2, -0.15) is 33.3 Å². The van der Waals surface area contributed by atoms with Gasteiger partial charge in [0.25, 0.3) is 5.69 Å². The van der Waals surface area contributed by atoms with E-state index < -0.39 is 30.0 Å². The van der Waals surface area contributed by atoms with Gasteiger partial charge in [-0.05, 0) is 112 Å². The van der Waals surface area contributed by atoms with Crippen LogP contribution < -0.4 is 40.0 Å². The zero-order chi connectivity index (χ0) is 80.6. The molecule has 0 aliphatic rings. The van der Waals surface area contributed by atoms with Gasteiger partial charge in [0.2, 0.25) is 18.4 Å². The fraction of sp³-hybridized carbons (Fsp3) is 0.408. The van der Waals surface area contributed by atoms with E-state index in [4.69, 9.17) is 34.0 Å². The Hall–Kier alpha value is -8.84. The number of nitro benzene ring substituents is 1. The van der Waals surface area contributed by atoms with E-state index in [1.165, 1.54) is 44.8 Å². The molecule has 2 atom stereocenters. The Labute approximate surface area is 697 Å². The molecule has 4 N–H and O–H groups in total. The molecule has 0 spiro atoms. The number of benzene rings is 5. The summed E-state index contributed by atoms with van der Waals surface area (Å²) in [6.07, 6.45) is 8.91. The van der Waals surface area contributed by atoms with Gasteiger partial charge < -0.3 is 73.1 Å². The third kappa shape index (κ3) is 35.6. The molecular formula is C76H98N16O14SY2-2. The van der Waals surface area contributed by atoms with Gasteiger partial charge in [-0.25, -0.2) is 4.98 Å². The van der Waals surface area contributed by atoms with Gasteiger partial charge in [-0.1, -0.05) is 37.7 Å². The van der Waals surface area contributed by atoms with Crippen LogP contribution in [0.4, 0.5) is 62.0 Å². The average molecular weight is 1680 g/mol. The number of aliphatic hydroxyl groups is 1. The number of nitrogens with one attached hydrogen (secondary N) is 3. The van der Waals surface area contributed by atoms with Crippen LogP contribution in [0.3, 0.4) is 0 Å². The van der Waals surface area contributed by atoms with Crippen molar-refractivity contribution in [2.45, 2.75) is 110 Å². The van der Waals surface area contributed by atoms with Crippen molar-refractivity contribution < 1.29 is 132 Å². The zero-order valence-corrected chi connectivity index (χ0v) is 68.9. The minimum absolute atomic E-state index is 0. The number of hydrogen-bond acceptors (Lipinski definition) is 28. The number of rotatable bonds is 46. The van der Waals surface area contributed by atoms with E-state index in [0.717, 1.165) is 62.4 Å². The summed E-state index contributed by atoms with van der Waals surface area (Å²) in [5, 5.41) is 58.1. The number of methoxy groups -OCH3 is 4. The number of hydrogen-bond donors (Lipinski definition) is 4. The third-order valence-corrected chi connectivity index (χ3v) is 16.3. The molecular weight excluding hydrogens is 1570 g/mol. The summed E-state index contributed by atoms with van der Waals surface area (Å²) in [6, 6.07) is 31.8. The average Bonchev–Trinajstić information content (AvgIpc) is 1.64. The van der Waals surface area contributed by atoms with E-state index in [1.54, 1.807) is 80.2 Å². The molecule has 2 heterocycles. The molecule has 0 aliphatic heterocycles. The van der Waals surface area contributed by atoms with Crippen LogP contribution in [0.15, 0.2) is 175 Å².